The molecule has 0 aromatic rings. The molecule has 0 heterocycles. The summed E-state index contributed by atoms with van der Waals surface area (Å²) < 4.78 is 5.30. The van der Waals surface area contributed by atoms with Crippen molar-refractivity contribution in [2.45, 2.75) is 26.4 Å². The number of rotatable bonds is 7. The molecule has 3 nitrogen and oxygen atoms in total. The van der Waals surface area contributed by atoms with E-state index in [-0.39, 0.29) is 0 Å². The first kappa shape index (κ1) is 11.9. The first-order valence-corrected chi connectivity index (χ1v) is 4.73. The Kier molecular flexibility index (Phi) is 7.45. The summed E-state index contributed by atoms with van der Waals surface area (Å²) in [6, 6.07) is 0. The van der Waals surface area contributed by atoms with Crippen molar-refractivity contribution in [1.82, 2.24) is 4.90 Å². The molecule has 0 fully saturated rings. The fourth-order valence-electron chi connectivity index (χ4n) is 1.24. The Labute approximate surface area is 75.9 Å². The van der Waals surface area contributed by atoms with Crippen LogP contribution in [0.2, 0.25) is 0 Å². The Morgan fingerprint density at radius 3 is 2.25 bits per heavy atom. The summed E-state index contributed by atoms with van der Waals surface area (Å²) in [4.78, 5) is 2.35. The van der Waals surface area contributed by atoms with Gasteiger partial charge in [-0.2, -0.15) is 0 Å². The molecule has 0 saturated carbocycles. The molecule has 0 aromatic carbocycles. The number of ether oxygens (including phenoxy) is 1. The molecule has 0 rings (SSSR count). The zero-order valence-corrected chi connectivity index (χ0v) is 8.55. The molecule has 0 aliphatic carbocycles. The van der Waals surface area contributed by atoms with Crippen molar-refractivity contribution in [2.24, 2.45) is 5.73 Å². The van der Waals surface area contributed by atoms with Crippen molar-refractivity contribution < 1.29 is 4.74 Å². The summed E-state index contributed by atoms with van der Waals surface area (Å²) >= 11 is 0. The van der Waals surface area contributed by atoms with E-state index < -0.39 is 0 Å². The lowest BCUT2D eigenvalue weighted by atomic mass is 10.2. The zero-order valence-electron chi connectivity index (χ0n) is 8.55. The second-order valence-electron chi connectivity index (χ2n) is 2.92. The Morgan fingerprint density at radius 1 is 1.33 bits per heavy atom. The van der Waals surface area contributed by atoms with Gasteiger partial charge in [0.25, 0.3) is 0 Å². The van der Waals surface area contributed by atoms with Crippen LogP contribution in [0, 0.1) is 0 Å². The average Bonchev–Trinajstić information content (AvgIpc) is 2.12. The molecule has 0 spiro atoms. The van der Waals surface area contributed by atoms with Gasteiger partial charge in [0, 0.05) is 13.7 Å². The molecule has 0 bridgehead atoms. The van der Waals surface area contributed by atoms with Gasteiger partial charge in [0.15, 0.2) is 0 Å². The molecule has 74 valence electrons. The number of nitrogens with zero attached hydrogens (tertiary/aromatic N) is 1. The topological polar surface area (TPSA) is 38.5 Å². The van der Waals surface area contributed by atoms with Crippen LogP contribution in [-0.4, -0.2) is 44.3 Å². The third kappa shape index (κ3) is 4.70. The second-order valence-corrected chi connectivity index (χ2v) is 2.92. The lowest BCUT2D eigenvalue weighted by Gasteiger charge is -2.23. The molecular weight excluding hydrogens is 152 g/mol. The summed E-state index contributed by atoms with van der Waals surface area (Å²) in [5.41, 5.74) is 5.47. The highest BCUT2D eigenvalue weighted by Gasteiger charge is 2.09. The maximum Gasteiger partial charge on any atom is 0.0710 e. The van der Waals surface area contributed by atoms with Crippen molar-refractivity contribution in [1.29, 1.82) is 0 Å². The zero-order chi connectivity index (χ0) is 9.40. The third-order valence-corrected chi connectivity index (χ3v) is 2.18. The van der Waals surface area contributed by atoms with E-state index in [4.69, 9.17) is 10.5 Å². The highest BCUT2D eigenvalue weighted by molar-refractivity contribution is 4.64. The number of methoxy groups -OCH3 is 1. The van der Waals surface area contributed by atoms with Crippen LogP contribution < -0.4 is 5.73 Å². The Hall–Kier alpha value is -0.120. The van der Waals surface area contributed by atoms with Crippen molar-refractivity contribution >= 4 is 0 Å². The highest BCUT2D eigenvalue weighted by Crippen LogP contribution is 1.99. The molecule has 0 aromatic heterocycles. The van der Waals surface area contributed by atoms with Gasteiger partial charge in [-0.05, 0) is 26.1 Å². The van der Waals surface area contributed by atoms with Crippen LogP contribution in [-0.2, 0) is 4.74 Å². The number of hydrogen-bond donors (Lipinski definition) is 1. The van der Waals surface area contributed by atoms with Gasteiger partial charge in [-0.25, -0.2) is 0 Å². The average molecular weight is 174 g/mol. The standard InChI is InChI=1S/C9H22N2O/c1-4-11(5-2)8-9(12-3)6-7-10/h9H,4-8,10H2,1-3H3. The summed E-state index contributed by atoms with van der Waals surface area (Å²) in [6.07, 6.45) is 1.25. The SMILES string of the molecule is CCN(CC)CC(CCN)OC. The van der Waals surface area contributed by atoms with Crippen LogP contribution >= 0.6 is 0 Å². The van der Waals surface area contributed by atoms with E-state index >= 15 is 0 Å². The molecule has 0 radical (unpaired) electrons. The Bertz CT molecular complexity index is 94.5. The third-order valence-electron chi connectivity index (χ3n) is 2.18. The minimum absolute atomic E-state index is 0.301. The number of nitrogens with two attached hydrogens (primary N) is 1. The van der Waals surface area contributed by atoms with Crippen LogP contribution in [0.4, 0.5) is 0 Å². The fourth-order valence-corrected chi connectivity index (χ4v) is 1.24. The van der Waals surface area contributed by atoms with E-state index in [1.807, 2.05) is 0 Å². The van der Waals surface area contributed by atoms with Crippen molar-refractivity contribution in [3.05, 3.63) is 0 Å². The van der Waals surface area contributed by atoms with Crippen LogP contribution in [0.25, 0.3) is 0 Å². The summed E-state index contributed by atoms with van der Waals surface area (Å²) in [5, 5.41) is 0. The normalized spacial score (nSPS) is 13.8. The number of hydrogen-bond acceptors (Lipinski definition) is 3. The van der Waals surface area contributed by atoms with Gasteiger partial charge in [-0.15, -0.1) is 0 Å². The van der Waals surface area contributed by atoms with Crippen molar-refractivity contribution in [2.75, 3.05) is 33.3 Å². The summed E-state index contributed by atoms with van der Waals surface area (Å²) in [7, 11) is 1.75. The maximum absolute atomic E-state index is 5.47. The molecule has 0 aliphatic rings. The predicted octanol–water partition coefficient (Wildman–Crippen LogP) is 0.692. The molecule has 0 aliphatic heterocycles. The lowest BCUT2D eigenvalue weighted by molar-refractivity contribution is 0.0628. The van der Waals surface area contributed by atoms with Crippen molar-refractivity contribution in [3.8, 4) is 0 Å². The number of likely N-dealkylation sites (N-methyl/N-ethyl adjacent to an activating group) is 1. The van der Waals surface area contributed by atoms with Gasteiger partial charge in [-0.3, -0.25) is 0 Å². The van der Waals surface area contributed by atoms with Crippen LogP contribution in [0.5, 0.6) is 0 Å². The minimum Gasteiger partial charge on any atom is -0.380 e. The van der Waals surface area contributed by atoms with Crippen LogP contribution in [0.1, 0.15) is 20.3 Å². The van der Waals surface area contributed by atoms with E-state index in [1.165, 1.54) is 0 Å². The first-order valence-electron chi connectivity index (χ1n) is 4.73. The second kappa shape index (κ2) is 7.53. The van der Waals surface area contributed by atoms with E-state index in [2.05, 4.69) is 18.7 Å². The molecule has 2 N–H and O–H groups in total. The summed E-state index contributed by atoms with van der Waals surface area (Å²) in [6.45, 7) is 8.21. The van der Waals surface area contributed by atoms with Crippen LogP contribution in [0.15, 0.2) is 0 Å². The monoisotopic (exact) mass is 174 g/mol. The Morgan fingerprint density at radius 2 is 1.92 bits per heavy atom. The maximum atomic E-state index is 5.47. The Balaban J connectivity index is 3.65. The van der Waals surface area contributed by atoms with Crippen molar-refractivity contribution in [3.63, 3.8) is 0 Å². The minimum atomic E-state index is 0.301. The smallest absolute Gasteiger partial charge is 0.0710 e. The van der Waals surface area contributed by atoms with E-state index in [1.54, 1.807) is 7.11 Å². The van der Waals surface area contributed by atoms with Gasteiger partial charge < -0.3 is 15.4 Å². The summed E-state index contributed by atoms with van der Waals surface area (Å²) in [5.74, 6) is 0. The largest absolute Gasteiger partial charge is 0.380 e. The van der Waals surface area contributed by atoms with E-state index in [9.17, 15) is 0 Å². The van der Waals surface area contributed by atoms with Crippen LogP contribution in [0.3, 0.4) is 0 Å². The molecule has 0 saturated heterocycles. The van der Waals surface area contributed by atoms with Gasteiger partial charge in [0.05, 0.1) is 6.10 Å². The molecule has 1 unspecified atom stereocenters. The lowest BCUT2D eigenvalue weighted by Crippen LogP contribution is -2.34. The first-order chi connectivity index (χ1) is 5.78. The van der Waals surface area contributed by atoms with Gasteiger partial charge in [-0.1, -0.05) is 13.8 Å². The predicted molar refractivity (Wildman–Crippen MR) is 52.3 cm³/mol. The molecule has 12 heavy (non-hydrogen) atoms. The van der Waals surface area contributed by atoms with E-state index in [0.29, 0.717) is 12.6 Å². The highest BCUT2D eigenvalue weighted by atomic mass is 16.5. The van der Waals surface area contributed by atoms with E-state index in [0.717, 1.165) is 26.1 Å². The quantitative estimate of drug-likeness (QED) is 0.617. The van der Waals surface area contributed by atoms with Gasteiger partial charge >= 0.3 is 0 Å². The fraction of sp³-hybridized carbons (Fsp3) is 1.00. The van der Waals surface area contributed by atoms with Gasteiger partial charge in [0.1, 0.15) is 0 Å². The molecule has 3 heteroatoms. The molecular formula is C9H22N2O. The molecule has 1 atom stereocenters. The van der Waals surface area contributed by atoms with Gasteiger partial charge in [0.2, 0.25) is 0 Å². The molecule has 0 amide bonds.